The molecule has 1 aromatic heterocycles. The molecule has 2 heterocycles. The van der Waals surface area contributed by atoms with Gasteiger partial charge < -0.3 is 0 Å². The number of H-pyrrole nitrogens is 1. The van der Waals surface area contributed by atoms with E-state index < -0.39 is 20.0 Å². The van der Waals surface area contributed by atoms with Crippen molar-refractivity contribution in [2.75, 3.05) is 21.8 Å². The molecule has 0 fully saturated rings. The molecule has 0 aliphatic carbocycles. The quantitative estimate of drug-likeness (QED) is 0.838. The highest BCUT2D eigenvalue weighted by molar-refractivity contribution is 7.93. The number of nitrogens with zero attached hydrogens (tertiary/aromatic N) is 2. The average molecular weight is 370 g/mol. The minimum absolute atomic E-state index is 0.1000. The van der Waals surface area contributed by atoms with E-state index in [2.05, 4.69) is 14.9 Å². The number of fused-ring (bicyclic) bond motifs is 1. The number of sulfonamides is 2. The molecule has 3 rings (SSSR count). The number of aromatic amines is 1. The Balaban J connectivity index is 1.98. The maximum atomic E-state index is 12.6. The highest BCUT2D eigenvalue weighted by Gasteiger charge is 2.28. The van der Waals surface area contributed by atoms with Crippen LogP contribution in [0.2, 0.25) is 0 Å². The topological polar surface area (TPSA) is 112 Å². The number of aryl methyl sites for hydroxylation is 2. The van der Waals surface area contributed by atoms with E-state index in [-0.39, 0.29) is 4.90 Å². The summed E-state index contributed by atoms with van der Waals surface area (Å²) in [5.74, 6) is 0. The molecule has 10 heteroatoms. The molecular formula is C14H18N4O4S2. The fourth-order valence-corrected chi connectivity index (χ4v) is 5.27. The molecule has 0 radical (unpaired) electrons. The van der Waals surface area contributed by atoms with Crippen LogP contribution < -0.4 is 9.03 Å². The first-order valence-electron chi connectivity index (χ1n) is 7.24. The molecule has 0 unspecified atom stereocenters. The van der Waals surface area contributed by atoms with E-state index in [4.69, 9.17) is 0 Å². The predicted octanol–water partition coefficient (Wildman–Crippen LogP) is 1.15. The van der Waals surface area contributed by atoms with Crippen LogP contribution in [0, 0.1) is 13.8 Å². The van der Waals surface area contributed by atoms with Crippen molar-refractivity contribution in [3.8, 4) is 0 Å². The lowest BCUT2D eigenvalue weighted by Crippen LogP contribution is -2.27. The molecule has 0 bridgehead atoms. The van der Waals surface area contributed by atoms with Gasteiger partial charge >= 0.3 is 0 Å². The van der Waals surface area contributed by atoms with Crippen molar-refractivity contribution in [3.63, 3.8) is 0 Å². The van der Waals surface area contributed by atoms with Gasteiger partial charge in [-0.2, -0.15) is 5.10 Å². The van der Waals surface area contributed by atoms with Gasteiger partial charge in [0.1, 0.15) is 4.90 Å². The fourth-order valence-electron chi connectivity index (χ4n) is 2.90. The van der Waals surface area contributed by atoms with Gasteiger partial charge in [-0.3, -0.25) is 14.1 Å². The first-order chi connectivity index (χ1) is 11.1. The maximum Gasteiger partial charge on any atom is 0.265 e. The largest absolute Gasteiger partial charge is 0.281 e. The SMILES string of the molecule is Cc1n[nH]c(C)c1S(=O)(=O)Nc1ccc2c(c1)N(S(C)(=O)=O)CC2. The lowest BCUT2D eigenvalue weighted by atomic mass is 10.1. The Labute approximate surface area is 141 Å². The van der Waals surface area contributed by atoms with Crippen molar-refractivity contribution >= 4 is 31.4 Å². The molecule has 2 N–H and O–H groups in total. The van der Waals surface area contributed by atoms with Gasteiger partial charge in [-0.1, -0.05) is 6.07 Å². The lowest BCUT2D eigenvalue weighted by Gasteiger charge is -2.17. The second kappa shape index (κ2) is 5.49. The smallest absolute Gasteiger partial charge is 0.265 e. The van der Waals surface area contributed by atoms with Gasteiger partial charge in [-0.15, -0.1) is 0 Å². The van der Waals surface area contributed by atoms with Gasteiger partial charge in [-0.05, 0) is 38.0 Å². The highest BCUT2D eigenvalue weighted by atomic mass is 32.2. The van der Waals surface area contributed by atoms with Crippen LogP contribution in [-0.4, -0.2) is 39.8 Å². The van der Waals surface area contributed by atoms with Crippen molar-refractivity contribution in [1.29, 1.82) is 0 Å². The Morgan fingerprint density at radius 1 is 1.21 bits per heavy atom. The molecule has 1 aromatic carbocycles. The summed E-state index contributed by atoms with van der Waals surface area (Å²) >= 11 is 0. The summed E-state index contributed by atoms with van der Waals surface area (Å²) in [5.41, 5.74) is 2.51. The third kappa shape index (κ3) is 2.86. The van der Waals surface area contributed by atoms with Crippen LogP contribution >= 0.6 is 0 Å². The van der Waals surface area contributed by atoms with Crippen molar-refractivity contribution in [2.45, 2.75) is 25.2 Å². The van der Waals surface area contributed by atoms with Gasteiger partial charge in [0.05, 0.1) is 29.0 Å². The van der Waals surface area contributed by atoms with E-state index in [9.17, 15) is 16.8 Å². The summed E-state index contributed by atoms with van der Waals surface area (Å²) in [6.45, 7) is 3.60. The summed E-state index contributed by atoms with van der Waals surface area (Å²) in [7, 11) is -7.21. The number of nitrogens with one attached hydrogen (secondary N) is 2. The van der Waals surface area contributed by atoms with E-state index in [1.807, 2.05) is 0 Å². The second-order valence-corrected chi connectivity index (χ2v) is 9.32. The van der Waals surface area contributed by atoms with E-state index in [1.165, 1.54) is 4.31 Å². The summed E-state index contributed by atoms with van der Waals surface area (Å²) in [4.78, 5) is 0.1000. The Morgan fingerprint density at radius 3 is 2.50 bits per heavy atom. The Kier molecular flexibility index (Phi) is 3.83. The monoisotopic (exact) mass is 370 g/mol. The van der Waals surface area contributed by atoms with E-state index in [1.54, 1.807) is 32.0 Å². The summed E-state index contributed by atoms with van der Waals surface area (Å²) < 4.78 is 52.6. The number of hydrogen-bond acceptors (Lipinski definition) is 5. The molecule has 1 aliphatic heterocycles. The zero-order chi connectivity index (χ0) is 17.7. The zero-order valence-electron chi connectivity index (χ0n) is 13.5. The van der Waals surface area contributed by atoms with Crippen LogP contribution in [0.4, 0.5) is 11.4 Å². The molecule has 2 aromatic rings. The van der Waals surface area contributed by atoms with Crippen LogP contribution in [-0.2, 0) is 26.5 Å². The molecule has 1 aliphatic rings. The molecular weight excluding hydrogens is 352 g/mol. The number of hydrogen-bond donors (Lipinski definition) is 2. The molecule has 0 spiro atoms. The highest BCUT2D eigenvalue weighted by Crippen LogP contribution is 2.33. The number of rotatable bonds is 4. The Morgan fingerprint density at radius 2 is 1.92 bits per heavy atom. The number of anilines is 2. The van der Waals surface area contributed by atoms with Gasteiger partial charge in [0.25, 0.3) is 10.0 Å². The molecule has 0 atom stereocenters. The Bertz CT molecular complexity index is 990. The van der Waals surface area contributed by atoms with Crippen LogP contribution in [0.1, 0.15) is 17.0 Å². The second-order valence-electron chi connectivity index (χ2n) is 5.80. The summed E-state index contributed by atoms with van der Waals surface area (Å²) in [6, 6.07) is 4.92. The van der Waals surface area contributed by atoms with Crippen LogP contribution in [0.15, 0.2) is 23.1 Å². The van der Waals surface area contributed by atoms with Crippen molar-refractivity contribution in [1.82, 2.24) is 10.2 Å². The first-order valence-corrected chi connectivity index (χ1v) is 10.6. The van der Waals surface area contributed by atoms with Crippen molar-refractivity contribution < 1.29 is 16.8 Å². The third-order valence-corrected chi connectivity index (χ3v) is 6.74. The molecule has 0 saturated carbocycles. The maximum absolute atomic E-state index is 12.6. The predicted molar refractivity (Wildman–Crippen MR) is 91.2 cm³/mol. The van der Waals surface area contributed by atoms with Crippen LogP contribution in [0.3, 0.4) is 0 Å². The van der Waals surface area contributed by atoms with E-state index >= 15 is 0 Å². The normalized spacial score (nSPS) is 14.7. The summed E-state index contributed by atoms with van der Waals surface area (Å²) in [5, 5.41) is 6.54. The average Bonchev–Trinajstić information content (AvgIpc) is 3.01. The lowest BCUT2D eigenvalue weighted by molar-refractivity contribution is 0.597. The molecule has 24 heavy (non-hydrogen) atoms. The summed E-state index contributed by atoms with van der Waals surface area (Å²) in [6.07, 6.45) is 1.74. The molecule has 8 nitrogen and oxygen atoms in total. The van der Waals surface area contributed by atoms with Crippen molar-refractivity contribution in [3.05, 3.63) is 35.2 Å². The van der Waals surface area contributed by atoms with Crippen LogP contribution in [0.25, 0.3) is 0 Å². The minimum Gasteiger partial charge on any atom is -0.281 e. The standard InChI is InChI=1S/C14H18N4O4S2/c1-9-14(10(2)16-15-9)24(21,22)17-12-5-4-11-6-7-18(13(11)8-12)23(3,19)20/h4-5,8,17H,6-7H2,1-3H3,(H,15,16). The zero-order valence-corrected chi connectivity index (χ0v) is 15.1. The first kappa shape index (κ1) is 16.8. The van der Waals surface area contributed by atoms with Gasteiger partial charge in [0.2, 0.25) is 10.0 Å². The van der Waals surface area contributed by atoms with Gasteiger partial charge in [-0.25, -0.2) is 16.8 Å². The molecule has 0 amide bonds. The minimum atomic E-state index is -3.81. The molecule has 130 valence electrons. The number of benzene rings is 1. The van der Waals surface area contributed by atoms with Crippen LogP contribution in [0.5, 0.6) is 0 Å². The third-order valence-electron chi connectivity index (χ3n) is 3.92. The number of aromatic nitrogens is 2. The Hall–Kier alpha value is -2.07. The van der Waals surface area contributed by atoms with Gasteiger partial charge in [0, 0.05) is 6.54 Å². The van der Waals surface area contributed by atoms with Crippen molar-refractivity contribution in [2.24, 2.45) is 0 Å². The van der Waals surface area contributed by atoms with E-state index in [0.29, 0.717) is 35.7 Å². The fraction of sp³-hybridized carbons (Fsp3) is 0.357. The van der Waals surface area contributed by atoms with E-state index in [0.717, 1.165) is 11.8 Å². The molecule has 0 saturated heterocycles. The van der Waals surface area contributed by atoms with Gasteiger partial charge in [0.15, 0.2) is 0 Å².